The normalized spacial score (nSPS) is 8.90. The number of hydrogen-bond acceptors (Lipinski definition) is 8. The number of ether oxygens (including phenoxy) is 4. The maximum atomic E-state index is 10.8. The fourth-order valence-electron chi connectivity index (χ4n) is 2.77. The first kappa shape index (κ1) is 32.8. The molecule has 0 saturated heterocycles. The molecule has 0 heterocycles. The zero-order valence-electron chi connectivity index (χ0n) is 22.8. The average molecular weight is 545 g/mol. The first-order valence-electron chi connectivity index (χ1n) is 11.9. The van der Waals surface area contributed by atoms with Crippen LogP contribution in [0, 0.1) is 0 Å². The molecule has 0 aliphatic heterocycles. The highest BCUT2D eigenvalue weighted by Crippen LogP contribution is 2.01. The van der Waals surface area contributed by atoms with Crippen molar-refractivity contribution in [3.63, 3.8) is 0 Å². The Morgan fingerprint density at radius 3 is 0.600 bits per heavy atom. The Bertz CT molecular complexity index is 1070. The molecule has 0 atom stereocenters. The van der Waals surface area contributed by atoms with E-state index in [0.29, 0.717) is 22.3 Å². The predicted molar refractivity (Wildman–Crippen MR) is 151 cm³/mol. The van der Waals surface area contributed by atoms with E-state index in [-0.39, 0.29) is 23.9 Å². The highest BCUT2D eigenvalue weighted by atomic mass is 16.5. The van der Waals surface area contributed by atoms with Gasteiger partial charge in [-0.15, -0.1) is 0 Å². The quantitative estimate of drug-likeness (QED) is 0.231. The van der Waals surface area contributed by atoms with Gasteiger partial charge in [0.25, 0.3) is 0 Å². The summed E-state index contributed by atoms with van der Waals surface area (Å²) in [5.74, 6) is -1.16. The maximum Gasteiger partial charge on any atom is 0.337 e. The minimum absolute atomic E-state index is 0.291. The molecule has 0 aliphatic carbocycles. The summed E-state index contributed by atoms with van der Waals surface area (Å²) >= 11 is 0. The number of benzene rings is 4. The standard InChI is InChI=1S/4C8H8O2/c4*1-10-8(9)7-5-3-2-4-6-7/h4*2-6H,1H3. The van der Waals surface area contributed by atoms with Crippen molar-refractivity contribution in [1.82, 2.24) is 0 Å². The van der Waals surface area contributed by atoms with Crippen LogP contribution in [0.25, 0.3) is 0 Å². The molecule has 0 radical (unpaired) electrons. The molecule has 208 valence electrons. The molecule has 8 nitrogen and oxygen atoms in total. The number of hydrogen-bond donors (Lipinski definition) is 0. The third-order valence-electron chi connectivity index (χ3n) is 4.78. The summed E-state index contributed by atoms with van der Waals surface area (Å²) in [6, 6.07) is 35.5. The van der Waals surface area contributed by atoms with Gasteiger partial charge in [0.1, 0.15) is 0 Å². The van der Waals surface area contributed by atoms with Gasteiger partial charge in [-0.3, -0.25) is 0 Å². The lowest BCUT2D eigenvalue weighted by Crippen LogP contribution is -1.99. The second-order valence-electron chi connectivity index (χ2n) is 7.43. The molecule has 40 heavy (non-hydrogen) atoms. The van der Waals surface area contributed by atoms with Crippen molar-refractivity contribution in [2.75, 3.05) is 28.4 Å². The van der Waals surface area contributed by atoms with Crippen LogP contribution in [0.4, 0.5) is 0 Å². The van der Waals surface area contributed by atoms with Crippen LogP contribution in [0.5, 0.6) is 0 Å². The molecule has 0 bridgehead atoms. The fraction of sp³-hybridized carbons (Fsp3) is 0.125. The van der Waals surface area contributed by atoms with E-state index >= 15 is 0 Å². The number of carbonyl (C=O) groups is 4. The predicted octanol–water partition coefficient (Wildman–Crippen LogP) is 5.89. The molecule has 0 spiro atoms. The van der Waals surface area contributed by atoms with Gasteiger partial charge >= 0.3 is 23.9 Å². The molecule has 4 rings (SSSR count). The molecular weight excluding hydrogens is 512 g/mol. The molecule has 0 aromatic heterocycles. The minimum Gasteiger partial charge on any atom is -0.465 e. The molecule has 0 fully saturated rings. The molecule has 8 heteroatoms. The lowest BCUT2D eigenvalue weighted by Gasteiger charge is -1.95. The Morgan fingerprint density at radius 1 is 0.325 bits per heavy atom. The SMILES string of the molecule is COC(=O)c1ccccc1.COC(=O)c1ccccc1.COC(=O)c1ccccc1.COC(=O)c1ccccc1. The van der Waals surface area contributed by atoms with E-state index in [0.717, 1.165) is 0 Å². The van der Waals surface area contributed by atoms with Gasteiger partial charge < -0.3 is 18.9 Å². The summed E-state index contributed by atoms with van der Waals surface area (Å²) in [5, 5.41) is 0. The van der Waals surface area contributed by atoms with Crippen molar-refractivity contribution in [3.8, 4) is 0 Å². The molecule has 0 amide bonds. The van der Waals surface area contributed by atoms with Crippen molar-refractivity contribution in [1.29, 1.82) is 0 Å². The van der Waals surface area contributed by atoms with Crippen molar-refractivity contribution < 1.29 is 38.1 Å². The van der Waals surface area contributed by atoms with Gasteiger partial charge in [-0.25, -0.2) is 19.2 Å². The lowest BCUT2D eigenvalue weighted by atomic mass is 10.2. The third kappa shape index (κ3) is 12.8. The number of methoxy groups -OCH3 is 4. The smallest absolute Gasteiger partial charge is 0.337 e. The maximum absolute atomic E-state index is 10.8. The van der Waals surface area contributed by atoms with E-state index in [9.17, 15) is 19.2 Å². The first-order valence-corrected chi connectivity index (χ1v) is 11.9. The first-order chi connectivity index (χ1) is 19.4. The molecule has 4 aromatic carbocycles. The summed E-state index contributed by atoms with van der Waals surface area (Å²) < 4.78 is 18.0. The van der Waals surface area contributed by atoms with Crippen molar-refractivity contribution in [3.05, 3.63) is 144 Å². The molecule has 0 unspecified atom stereocenters. The summed E-state index contributed by atoms with van der Waals surface area (Å²) in [7, 11) is 5.48. The van der Waals surface area contributed by atoms with Crippen LogP contribution in [0.3, 0.4) is 0 Å². The second-order valence-corrected chi connectivity index (χ2v) is 7.43. The molecule has 0 aliphatic rings. The zero-order valence-corrected chi connectivity index (χ0v) is 22.8. The van der Waals surface area contributed by atoms with Gasteiger partial charge in [0.05, 0.1) is 50.7 Å². The Balaban J connectivity index is 0.000000267. The van der Waals surface area contributed by atoms with Crippen LogP contribution in [0.15, 0.2) is 121 Å². The van der Waals surface area contributed by atoms with E-state index in [1.165, 1.54) is 28.4 Å². The van der Waals surface area contributed by atoms with Crippen molar-refractivity contribution in [2.45, 2.75) is 0 Å². The molecule has 0 N–H and O–H groups in total. The second kappa shape index (κ2) is 19.8. The van der Waals surface area contributed by atoms with E-state index in [1.54, 1.807) is 97.1 Å². The van der Waals surface area contributed by atoms with Gasteiger partial charge in [0.15, 0.2) is 0 Å². The average Bonchev–Trinajstić information content (AvgIpc) is 3.05. The van der Waals surface area contributed by atoms with E-state index in [2.05, 4.69) is 18.9 Å². The molecule has 0 saturated carbocycles. The highest BCUT2D eigenvalue weighted by Gasteiger charge is 2.02. The van der Waals surface area contributed by atoms with Crippen LogP contribution < -0.4 is 0 Å². The van der Waals surface area contributed by atoms with Crippen LogP contribution in [-0.4, -0.2) is 52.3 Å². The van der Waals surface area contributed by atoms with Crippen molar-refractivity contribution >= 4 is 23.9 Å². The largest absolute Gasteiger partial charge is 0.465 e. The number of rotatable bonds is 4. The number of esters is 4. The van der Waals surface area contributed by atoms with Crippen molar-refractivity contribution in [2.24, 2.45) is 0 Å². The van der Waals surface area contributed by atoms with Crippen LogP contribution in [-0.2, 0) is 18.9 Å². The van der Waals surface area contributed by atoms with Crippen LogP contribution in [0.1, 0.15) is 41.4 Å². The Kier molecular flexibility index (Phi) is 16.2. The van der Waals surface area contributed by atoms with E-state index in [1.807, 2.05) is 24.3 Å². The summed E-state index contributed by atoms with van der Waals surface area (Å²) in [6.07, 6.45) is 0. The topological polar surface area (TPSA) is 105 Å². The van der Waals surface area contributed by atoms with E-state index in [4.69, 9.17) is 0 Å². The summed E-state index contributed by atoms with van der Waals surface area (Å²) in [6.45, 7) is 0. The third-order valence-corrected chi connectivity index (χ3v) is 4.78. The fourth-order valence-corrected chi connectivity index (χ4v) is 2.77. The van der Waals surface area contributed by atoms with Gasteiger partial charge in [0, 0.05) is 0 Å². The minimum atomic E-state index is -0.291. The Hall–Kier alpha value is -5.24. The lowest BCUT2D eigenvalue weighted by molar-refractivity contribution is 0.0592. The Morgan fingerprint density at radius 2 is 0.475 bits per heavy atom. The number of carbonyl (C=O) groups excluding carboxylic acids is 4. The van der Waals surface area contributed by atoms with Gasteiger partial charge in [-0.05, 0) is 48.5 Å². The monoisotopic (exact) mass is 544 g/mol. The van der Waals surface area contributed by atoms with Crippen LogP contribution in [0.2, 0.25) is 0 Å². The van der Waals surface area contributed by atoms with Gasteiger partial charge in [-0.2, -0.15) is 0 Å². The van der Waals surface area contributed by atoms with E-state index < -0.39 is 0 Å². The summed E-state index contributed by atoms with van der Waals surface area (Å²) in [4.78, 5) is 43.2. The highest BCUT2D eigenvalue weighted by molar-refractivity contribution is 5.90. The summed E-state index contributed by atoms with van der Waals surface area (Å²) in [5.41, 5.74) is 2.35. The zero-order chi connectivity index (χ0) is 29.6. The molecule has 4 aromatic rings. The van der Waals surface area contributed by atoms with Gasteiger partial charge in [0.2, 0.25) is 0 Å². The van der Waals surface area contributed by atoms with Crippen LogP contribution >= 0.6 is 0 Å². The Labute approximate surface area is 234 Å². The molecular formula is C32H32O8. The van der Waals surface area contributed by atoms with Gasteiger partial charge in [-0.1, -0.05) is 72.8 Å².